The van der Waals surface area contributed by atoms with Crippen LogP contribution in [0, 0.1) is 11.8 Å². The van der Waals surface area contributed by atoms with Gasteiger partial charge in [0.25, 0.3) is 11.8 Å². The molecule has 0 amide bonds. The quantitative estimate of drug-likeness (QED) is 0.118. The SMILES string of the molecule is CCC1CN2CCC1CC2C(Oc1nnc(OCc2ccnc3ccc(OC)cc23)c2nc(-c3ccccc3)c(-c3ccccc3)nc12)c1ccnc2ccc(OC)cc12. The van der Waals surface area contributed by atoms with Gasteiger partial charge in [-0.05, 0) is 79.8 Å². The first kappa shape index (κ1) is 37.5. The van der Waals surface area contributed by atoms with Crippen LogP contribution in [0.15, 0.2) is 122 Å². The lowest BCUT2D eigenvalue weighted by atomic mass is 9.72. The topological polar surface area (TPSA) is 118 Å². The molecule has 3 aliphatic rings. The van der Waals surface area contributed by atoms with Crippen LogP contribution in [0.1, 0.15) is 43.4 Å². The number of piperidine rings is 3. The molecule has 5 unspecified atom stereocenters. The minimum absolute atomic E-state index is 0.0817. The lowest BCUT2D eigenvalue weighted by molar-refractivity contribution is -0.0492. The molecule has 3 fully saturated rings. The highest BCUT2D eigenvalue weighted by Gasteiger charge is 2.44. The first-order chi connectivity index (χ1) is 29.6. The van der Waals surface area contributed by atoms with Gasteiger partial charge in [-0.3, -0.25) is 14.9 Å². The molecule has 11 nitrogen and oxygen atoms in total. The highest BCUT2D eigenvalue weighted by atomic mass is 16.5. The smallest absolute Gasteiger partial charge is 0.262 e. The van der Waals surface area contributed by atoms with Gasteiger partial charge >= 0.3 is 0 Å². The number of nitrogens with zero attached hydrogens (tertiary/aromatic N) is 7. The van der Waals surface area contributed by atoms with Crippen LogP contribution in [0.25, 0.3) is 55.4 Å². The maximum atomic E-state index is 7.33. The lowest BCUT2D eigenvalue weighted by Gasteiger charge is -2.51. The number of ether oxygens (including phenoxy) is 4. The van der Waals surface area contributed by atoms with Gasteiger partial charge in [0.1, 0.15) is 24.2 Å². The van der Waals surface area contributed by atoms with Crippen molar-refractivity contribution in [3.8, 4) is 45.8 Å². The Labute approximate surface area is 348 Å². The zero-order chi connectivity index (χ0) is 40.6. The Hall–Kier alpha value is -6.72. The van der Waals surface area contributed by atoms with Gasteiger partial charge in [-0.25, -0.2) is 9.97 Å². The summed E-state index contributed by atoms with van der Waals surface area (Å²) in [6.07, 6.45) is 6.58. The van der Waals surface area contributed by atoms with E-state index < -0.39 is 6.10 Å². The molecule has 8 aromatic rings. The fraction of sp³-hybridized carbons (Fsp3) is 0.265. The van der Waals surface area contributed by atoms with Gasteiger partial charge in [0.15, 0.2) is 11.0 Å². The summed E-state index contributed by atoms with van der Waals surface area (Å²) >= 11 is 0. The molecule has 0 saturated carbocycles. The predicted molar refractivity (Wildman–Crippen MR) is 232 cm³/mol. The average molecular weight is 796 g/mol. The number of fused-ring (bicyclic) bond motifs is 6. The van der Waals surface area contributed by atoms with Crippen molar-refractivity contribution in [2.75, 3.05) is 27.3 Å². The predicted octanol–water partition coefficient (Wildman–Crippen LogP) is 9.69. The van der Waals surface area contributed by atoms with Crippen LogP contribution in [0.2, 0.25) is 0 Å². The normalized spacial score (nSPS) is 19.1. The summed E-state index contributed by atoms with van der Waals surface area (Å²) in [5, 5.41) is 11.5. The van der Waals surface area contributed by atoms with Crippen LogP contribution in [-0.4, -0.2) is 68.4 Å². The van der Waals surface area contributed by atoms with Gasteiger partial charge in [0.2, 0.25) is 0 Å². The molecule has 5 atom stereocenters. The van der Waals surface area contributed by atoms with Crippen LogP contribution in [0.5, 0.6) is 23.3 Å². The maximum absolute atomic E-state index is 7.33. The second-order valence-electron chi connectivity index (χ2n) is 15.6. The summed E-state index contributed by atoms with van der Waals surface area (Å²) in [5.74, 6) is 3.30. The second kappa shape index (κ2) is 16.1. The Morgan fingerprint density at radius 1 is 0.700 bits per heavy atom. The van der Waals surface area contributed by atoms with E-state index in [2.05, 4.69) is 28.9 Å². The van der Waals surface area contributed by atoms with Crippen molar-refractivity contribution < 1.29 is 18.9 Å². The van der Waals surface area contributed by atoms with Crippen molar-refractivity contribution in [2.45, 2.75) is 44.9 Å². The number of benzene rings is 4. The molecule has 300 valence electrons. The molecule has 0 spiro atoms. The monoisotopic (exact) mass is 795 g/mol. The molecule has 0 radical (unpaired) electrons. The standard InChI is InChI=1S/C49H45N7O4/c1-4-30-28-56-24-21-33(30)25-42(56)47(37-20-23-51-41-18-16-36(58-3)27-39(37)41)60-49-46-45(52-43(31-11-7-5-8-12-31)44(53-46)32-13-9-6-10-14-32)48(54-55-49)59-29-34-19-22-50-40-17-15-35(57-2)26-38(34)40/h5-20,22-23,26-27,30,33,42,47H,4,21,24-25,28-29H2,1-3H3. The number of rotatable bonds is 12. The first-order valence-corrected chi connectivity index (χ1v) is 20.7. The van der Waals surface area contributed by atoms with E-state index in [0.717, 1.165) is 81.5 Å². The number of hydrogen-bond donors (Lipinski definition) is 0. The van der Waals surface area contributed by atoms with Crippen molar-refractivity contribution in [1.82, 2.24) is 35.0 Å². The van der Waals surface area contributed by atoms with E-state index in [1.807, 2.05) is 103 Å². The molecule has 7 heterocycles. The second-order valence-corrected chi connectivity index (χ2v) is 15.6. The van der Waals surface area contributed by atoms with E-state index in [9.17, 15) is 0 Å². The number of methoxy groups -OCH3 is 2. The fourth-order valence-corrected chi connectivity index (χ4v) is 9.22. The lowest BCUT2D eigenvalue weighted by Crippen LogP contribution is -2.56. The van der Waals surface area contributed by atoms with Crippen molar-refractivity contribution in [2.24, 2.45) is 11.8 Å². The van der Waals surface area contributed by atoms with Gasteiger partial charge in [-0.15, -0.1) is 10.2 Å². The molecule has 60 heavy (non-hydrogen) atoms. The van der Waals surface area contributed by atoms with E-state index in [4.69, 9.17) is 44.1 Å². The minimum Gasteiger partial charge on any atom is -0.497 e. The van der Waals surface area contributed by atoms with Gasteiger partial charge in [-0.2, -0.15) is 0 Å². The Bertz CT molecular complexity index is 2820. The molecule has 2 bridgehead atoms. The zero-order valence-corrected chi connectivity index (χ0v) is 33.9. The van der Waals surface area contributed by atoms with Crippen LogP contribution in [0.3, 0.4) is 0 Å². The third kappa shape index (κ3) is 6.98. The summed E-state index contributed by atoms with van der Waals surface area (Å²) in [5.41, 5.74) is 7.76. The summed E-state index contributed by atoms with van der Waals surface area (Å²) in [7, 11) is 3.34. The van der Waals surface area contributed by atoms with Gasteiger partial charge < -0.3 is 18.9 Å². The van der Waals surface area contributed by atoms with E-state index in [1.165, 1.54) is 6.42 Å². The number of hydrogen-bond acceptors (Lipinski definition) is 11. The molecule has 3 saturated heterocycles. The zero-order valence-electron chi connectivity index (χ0n) is 33.9. The van der Waals surface area contributed by atoms with E-state index >= 15 is 0 Å². The molecule has 4 aromatic heterocycles. The molecular weight excluding hydrogens is 751 g/mol. The van der Waals surface area contributed by atoms with Gasteiger partial charge in [-0.1, -0.05) is 74.0 Å². The Kier molecular flexibility index (Phi) is 10.1. The summed E-state index contributed by atoms with van der Waals surface area (Å²) in [4.78, 5) is 22.7. The third-order valence-electron chi connectivity index (χ3n) is 12.4. The number of pyridine rings is 2. The summed E-state index contributed by atoms with van der Waals surface area (Å²) in [6, 6.07) is 36.1. The maximum Gasteiger partial charge on any atom is 0.262 e. The summed E-state index contributed by atoms with van der Waals surface area (Å²) in [6.45, 7) is 4.55. The van der Waals surface area contributed by atoms with Crippen LogP contribution >= 0.6 is 0 Å². The first-order valence-electron chi connectivity index (χ1n) is 20.7. The van der Waals surface area contributed by atoms with E-state index in [-0.39, 0.29) is 24.4 Å². The van der Waals surface area contributed by atoms with Crippen LogP contribution < -0.4 is 18.9 Å². The third-order valence-corrected chi connectivity index (χ3v) is 12.4. The molecule has 0 aliphatic carbocycles. The molecular formula is C49H45N7O4. The largest absolute Gasteiger partial charge is 0.497 e. The van der Waals surface area contributed by atoms with Crippen LogP contribution in [-0.2, 0) is 6.61 Å². The van der Waals surface area contributed by atoms with Crippen molar-refractivity contribution in [3.05, 3.63) is 133 Å². The van der Waals surface area contributed by atoms with Gasteiger partial charge in [0, 0.05) is 52.0 Å². The Morgan fingerprint density at radius 2 is 1.32 bits per heavy atom. The molecule has 11 heteroatoms. The van der Waals surface area contributed by atoms with E-state index in [0.29, 0.717) is 34.3 Å². The molecule has 11 rings (SSSR count). The highest BCUT2D eigenvalue weighted by molar-refractivity contribution is 5.91. The Morgan fingerprint density at radius 3 is 1.95 bits per heavy atom. The van der Waals surface area contributed by atoms with Crippen molar-refractivity contribution in [1.29, 1.82) is 0 Å². The highest BCUT2D eigenvalue weighted by Crippen LogP contribution is 2.45. The molecule has 0 N–H and O–H groups in total. The minimum atomic E-state index is -0.429. The summed E-state index contributed by atoms with van der Waals surface area (Å²) < 4.78 is 25.2. The molecule has 4 aromatic carbocycles. The van der Waals surface area contributed by atoms with Crippen LogP contribution in [0.4, 0.5) is 0 Å². The average Bonchev–Trinajstić information content (AvgIpc) is 3.32. The van der Waals surface area contributed by atoms with Crippen molar-refractivity contribution >= 4 is 32.8 Å². The number of aromatic nitrogens is 6. The van der Waals surface area contributed by atoms with Gasteiger partial charge in [0.05, 0.1) is 42.7 Å². The fourth-order valence-electron chi connectivity index (χ4n) is 9.22. The van der Waals surface area contributed by atoms with Crippen molar-refractivity contribution in [3.63, 3.8) is 0 Å². The Balaban J connectivity index is 1.15. The van der Waals surface area contributed by atoms with E-state index in [1.54, 1.807) is 20.4 Å². The molecule has 3 aliphatic heterocycles.